The second-order valence-electron chi connectivity index (χ2n) is 4.24. The largest absolute Gasteiger partial charge is 0.369 e. The molecular formula is C13H16O2. The Bertz CT molecular complexity index is 345. The number of Topliss-reactive ketones (excluding diaryl/α,β-unsaturated/α-hetero) is 1. The van der Waals surface area contributed by atoms with Gasteiger partial charge in [-0.25, -0.2) is 0 Å². The Kier molecular flexibility index (Phi) is 2.87. The summed E-state index contributed by atoms with van der Waals surface area (Å²) in [5.41, 5.74) is 1.10. The predicted octanol–water partition coefficient (Wildman–Crippen LogP) is 2.74. The van der Waals surface area contributed by atoms with Gasteiger partial charge in [-0.15, -0.1) is 0 Å². The van der Waals surface area contributed by atoms with Gasteiger partial charge in [0.2, 0.25) is 0 Å². The third kappa shape index (κ3) is 2.10. The van der Waals surface area contributed by atoms with Crippen LogP contribution < -0.4 is 0 Å². The maximum absolute atomic E-state index is 11.7. The average molecular weight is 204 g/mol. The minimum absolute atomic E-state index is 0.0244. The fourth-order valence-electron chi connectivity index (χ4n) is 2.06. The lowest BCUT2D eigenvalue weighted by Crippen LogP contribution is -2.33. The summed E-state index contributed by atoms with van der Waals surface area (Å²) in [5, 5.41) is 0. The van der Waals surface area contributed by atoms with E-state index >= 15 is 0 Å². The third-order valence-electron chi connectivity index (χ3n) is 2.96. The molecular weight excluding hydrogens is 188 g/mol. The zero-order valence-corrected chi connectivity index (χ0v) is 9.14. The Balaban J connectivity index is 2.24. The number of carbonyl (C=O) groups excluding carboxylic acids is 1. The molecule has 0 spiro atoms. The van der Waals surface area contributed by atoms with Crippen LogP contribution in [-0.2, 0) is 9.53 Å². The van der Waals surface area contributed by atoms with E-state index in [1.165, 1.54) is 0 Å². The number of hydrogen-bond acceptors (Lipinski definition) is 2. The standard InChI is InChI=1S/C13H16O2/c1-9-8-12(14)10(2)13(15-9)11-6-4-3-5-7-11/h3-7,9-10,13H,8H2,1-2H3/t9-,10-,13-/m1/s1. The van der Waals surface area contributed by atoms with E-state index in [-0.39, 0.29) is 18.1 Å². The second-order valence-corrected chi connectivity index (χ2v) is 4.24. The topological polar surface area (TPSA) is 26.3 Å². The Labute approximate surface area is 90.3 Å². The van der Waals surface area contributed by atoms with Gasteiger partial charge in [0.05, 0.1) is 12.2 Å². The smallest absolute Gasteiger partial charge is 0.141 e. The van der Waals surface area contributed by atoms with Crippen LogP contribution >= 0.6 is 0 Å². The van der Waals surface area contributed by atoms with Gasteiger partial charge in [-0.05, 0) is 12.5 Å². The minimum Gasteiger partial charge on any atom is -0.369 e. The van der Waals surface area contributed by atoms with Crippen molar-refractivity contribution in [3.8, 4) is 0 Å². The molecule has 1 fully saturated rings. The first-order chi connectivity index (χ1) is 7.18. The summed E-state index contributed by atoms with van der Waals surface area (Å²) in [6, 6.07) is 9.98. The summed E-state index contributed by atoms with van der Waals surface area (Å²) in [7, 11) is 0. The summed E-state index contributed by atoms with van der Waals surface area (Å²) >= 11 is 0. The first-order valence-electron chi connectivity index (χ1n) is 5.41. The summed E-state index contributed by atoms with van der Waals surface area (Å²) < 4.78 is 5.83. The zero-order chi connectivity index (χ0) is 10.8. The molecule has 0 aromatic heterocycles. The number of ether oxygens (including phenoxy) is 1. The maximum Gasteiger partial charge on any atom is 0.141 e. The van der Waals surface area contributed by atoms with E-state index in [2.05, 4.69) is 0 Å². The molecule has 2 nitrogen and oxygen atoms in total. The predicted molar refractivity (Wildman–Crippen MR) is 58.5 cm³/mol. The van der Waals surface area contributed by atoms with E-state index in [4.69, 9.17) is 4.74 Å². The molecule has 80 valence electrons. The summed E-state index contributed by atoms with van der Waals surface area (Å²) in [4.78, 5) is 11.7. The first-order valence-corrected chi connectivity index (χ1v) is 5.41. The van der Waals surface area contributed by atoms with Crippen molar-refractivity contribution in [1.29, 1.82) is 0 Å². The molecule has 1 aliphatic heterocycles. The van der Waals surface area contributed by atoms with E-state index < -0.39 is 0 Å². The van der Waals surface area contributed by atoms with Crippen LogP contribution in [0.3, 0.4) is 0 Å². The van der Waals surface area contributed by atoms with Crippen LogP contribution in [0.5, 0.6) is 0 Å². The maximum atomic E-state index is 11.7. The van der Waals surface area contributed by atoms with E-state index in [9.17, 15) is 4.79 Å². The Morgan fingerprint density at radius 3 is 2.53 bits per heavy atom. The fourth-order valence-corrected chi connectivity index (χ4v) is 2.06. The third-order valence-corrected chi connectivity index (χ3v) is 2.96. The number of rotatable bonds is 1. The Morgan fingerprint density at radius 1 is 1.20 bits per heavy atom. The van der Waals surface area contributed by atoms with E-state index in [1.807, 2.05) is 44.2 Å². The lowest BCUT2D eigenvalue weighted by atomic mass is 9.88. The number of hydrogen-bond donors (Lipinski definition) is 0. The monoisotopic (exact) mass is 204 g/mol. The van der Waals surface area contributed by atoms with Crippen LogP contribution in [0.1, 0.15) is 31.9 Å². The molecule has 0 bridgehead atoms. The van der Waals surface area contributed by atoms with E-state index in [0.29, 0.717) is 12.2 Å². The van der Waals surface area contributed by atoms with Gasteiger partial charge < -0.3 is 4.74 Å². The van der Waals surface area contributed by atoms with Gasteiger partial charge in [0.1, 0.15) is 5.78 Å². The van der Waals surface area contributed by atoms with Crippen LogP contribution in [0, 0.1) is 5.92 Å². The molecule has 0 unspecified atom stereocenters. The van der Waals surface area contributed by atoms with Gasteiger partial charge in [-0.1, -0.05) is 37.3 Å². The quantitative estimate of drug-likeness (QED) is 0.703. The normalized spacial score (nSPS) is 31.6. The van der Waals surface area contributed by atoms with Crippen molar-refractivity contribution in [2.24, 2.45) is 5.92 Å². The molecule has 1 aliphatic rings. The molecule has 1 aromatic carbocycles. The van der Waals surface area contributed by atoms with Gasteiger partial charge in [-0.3, -0.25) is 4.79 Å². The van der Waals surface area contributed by atoms with Crippen molar-refractivity contribution < 1.29 is 9.53 Å². The van der Waals surface area contributed by atoms with Crippen molar-refractivity contribution in [2.45, 2.75) is 32.5 Å². The first kappa shape index (κ1) is 10.4. The van der Waals surface area contributed by atoms with Crippen LogP contribution in [-0.4, -0.2) is 11.9 Å². The second kappa shape index (κ2) is 4.15. The van der Waals surface area contributed by atoms with Crippen LogP contribution in [0.4, 0.5) is 0 Å². The molecule has 0 radical (unpaired) electrons. The lowest BCUT2D eigenvalue weighted by molar-refractivity contribution is -0.143. The molecule has 3 atom stereocenters. The van der Waals surface area contributed by atoms with E-state index in [0.717, 1.165) is 5.56 Å². The number of ketones is 1. The van der Waals surface area contributed by atoms with Gasteiger partial charge in [0, 0.05) is 12.3 Å². The van der Waals surface area contributed by atoms with E-state index in [1.54, 1.807) is 0 Å². The highest BCUT2D eigenvalue weighted by molar-refractivity contribution is 5.82. The Hall–Kier alpha value is -1.15. The fraction of sp³-hybridized carbons (Fsp3) is 0.462. The number of benzene rings is 1. The van der Waals surface area contributed by atoms with Gasteiger partial charge >= 0.3 is 0 Å². The van der Waals surface area contributed by atoms with Crippen molar-refractivity contribution in [1.82, 2.24) is 0 Å². The summed E-state index contributed by atoms with van der Waals surface area (Å²) in [5.74, 6) is 0.284. The zero-order valence-electron chi connectivity index (χ0n) is 9.14. The average Bonchev–Trinajstić information content (AvgIpc) is 2.24. The molecule has 2 rings (SSSR count). The molecule has 0 amide bonds. The highest BCUT2D eigenvalue weighted by atomic mass is 16.5. The van der Waals surface area contributed by atoms with Gasteiger partial charge in [0.15, 0.2) is 0 Å². The van der Waals surface area contributed by atoms with Crippen molar-refractivity contribution >= 4 is 5.78 Å². The molecule has 1 heterocycles. The Morgan fingerprint density at radius 2 is 1.87 bits per heavy atom. The van der Waals surface area contributed by atoms with Crippen LogP contribution in [0.2, 0.25) is 0 Å². The van der Waals surface area contributed by atoms with Gasteiger partial charge in [0.25, 0.3) is 0 Å². The summed E-state index contributed by atoms with van der Waals surface area (Å²) in [6.07, 6.45) is 0.520. The molecule has 15 heavy (non-hydrogen) atoms. The van der Waals surface area contributed by atoms with Crippen molar-refractivity contribution in [3.05, 3.63) is 35.9 Å². The van der Waals surface area contributed by atoms with Crippen molar-refractivity contribution in [2.75, 3.05) is 0 Å². The van der Waals surface area contributed by atoms with Crippen LogP contribution in [0.15, 0.2) is 30.3 Å². The lowest BCUT2D eigenvalue weighted by Gasteiger charge is -2.32. The SMILES string of the molecule is C[C@@H]1CC(=O)[C@@H](C)[C@H](c2ccccc2)O1. The summed E-state index contributed by atoms with van der Waals surface area (Å²) in [6.45, 7) is 3.91. The molecule has 2 heteroatoms. The highest BCUT2D eigenvalue weighted by Gasteiger charge is 2.33. The van der Waals surface area contributed by atoms with Crippen molar-refractivity contribution in [3.63, 3.8) is 0 Å². The molecule has 0 N–H and O–H groups in total. The highest BCUT2D eigenvalue weighted by Crippen LogP contribution is 2.33. The van der Waals surface area contributed by atoms with Gasteiger partial charge in [-0.2, -0.15) is 0 Å². The molecule has 1 aromatic rings. The number of carbonyl (C=O) groups is 1. The minimum atomic E-state index is -0.0672. The van der Waals surface area contributed by atoms with Crippen LogP contribution in [0.25, 0.3) is 0 Å². The molecule has 0 aliphatic carbocycles. The molecule has 0 saturated carbocycles. The molecule has 1 saturated heterocycles.